The van der Waals surface area contributed by atoms with Gasteiger partial charge in [-0.2, -0.15) is 4.98 Å². The number of benzene rings is 1. The number of aryl methyl sites for hydroxylation is 2. The molecule has 1 aromatic heterocycles. The molecule has 0 saturated heterocycles. The van der Waals surface area contributed by atoms with Gasteiger partial charge >= 0.3 is 0 Å². The zero-order chi connectivity index (χ0) is 14.8. The van der Waals surface area contributed by atoms with E-state index in [-0.39, 0.29) is 6.10 Å². The van der Waals surface area contributed by atoms with Crippen LogP contribution in [0.5, 0.6) is 5.88 Å². The SMILES string of the molecule is CCc1nc(Cl)c(C)c(OC2CCCc3ccccc32)n1. The third kappa shape index (κ3) is 2.88. The molecule has 21 heavy (non-hydrogen) atoms. The molecule has 0 bridgehead atoms. The number of aromatic nitrogens is 2. The highest BCUT2D eigenvalue weighted by Gasteiger charge is 2.23. The van der Waals surface area contributed by atoms with Crippen molar-refractivity contribution in [3.05, 3.63) is 51.9 Å². The number of hydrogen-bond donors (Lipinski definition) is 0. The molecule has 1 unspecified atom stereocenters. The molecule has 0 aliphatic heterocycles. The average molecular weight is 303 g/mol. The Morgan fingerprint density at radius 2 is 2.10 bits per heavy atom. The molecule has 0 fully saturated rings. The van der Waals surface area contributed by atoms with Gasteiger partial charge in [0, 0.05) is 12.0 Å². The number of hydrogen-bond acceptors (Lipinski definition) is 3. The lowest BCUT2D eigenvalue weighted by molar-refractivity contribution is 0.173. The van der Waals surface area contributed by atoms with Gasteiger partial charge in [-0.3, -0.25) is 0 Å². The zero-order valence-electron chi connectivity index (χ0n) is 12.4. The molecule has 1 aliphatic rings. The van der Waals surface area contributed by atoms with Crippen molar-refractivity contribution in [1.82, 2.24) is 9.97 Å². The van der Waals surface area contributed by atoms with Crippen LogP contribution in [0.25, 0.3) is 0 Å². The monoisotopic (exact) mass is 302 g/mol. The van der Waals surface area contributed by atoms with E-state index >= 15 is 0 Å². The van der Waals surface area contributed by atoms with E-state index in [0.29, 0.717) is 11.0 Å². The van der Waals surface area contributed by atoms with Gasteiger partial charge in [-0.15, -0.1) is 0 Å². The number of nitrogens with zero attached hydrogens (tertiary/aromatic N) is 2. The Bertz CT molecular complexity index is 657. The van der Waals surface area contributed by atoms with Crippen LogP contribution >= 0.6 is 11.6 Å². The minimum absolute atomic E-state index is 0.0596. The summed E-state index contributed by atoms with van der Waals surface area (Å²) in [5, 5.41) is 0.487. The van der Waals surface area contributed by atoms with Crippen LogP contribution in [0, 0.1) is 6.92 Å². The number of rotatable bonds is 3. The third-order valence-corrected chi connectivity index (χ3v) is 4.34. The topological polar surface area (TPSA) is 35.0 Å². The summed E-state index contributed by atoms with van der Waals surface area (Å²) in [6.07, 6.45) is 4.08. The molecular formula is C17H19ClN2O. The van der Waals surface area contributed by atoms with Crippen molar-refractivity contribution in [3.63, 3.8) is 0 Å². The summed E-state index contributed by atoms with van der Waals surface area (Å²) in [4.78, 5) is 8.76. The van der Waals surface area contributed by atoms with Crippen LogP contribution in [0.3, 0.4) is 0 Å². The van der Waals surface area contributed by atoms with Gasteiger partial charge in [0.05, 0.1) is 0 Å². The molecule has 1 aromatic carbocycles. The number of ether oxygens (including phenoxy) is 1. The van der Waals surface area contributed by atoms with Gasteiger partial charge < -0.3 is 4.74 Å². The molecule has 110 valence electrons. The summed E-state index contributed by atoms with van der Waals surface area (Å²) in [5.41, 5.74) is 3.47. The Morgan fingerprint density at radius 3 is 2.90 bits per heavy atom. The van der Waals surface area contributed by atoms with Crippen molar-refractivity contribution in [2.45, 2.75) is 45.6 Å². The van der Waals surface area contributed by atoms with Crippen LogP contribution in [-0.2, 0) is 12.8 Å². The van der Waals surface area contributed by atoms with Crippen LogP contribution < -0.4 is 4.74 Å². The second-order valence-electron chi connectivity index (χ2n) is 5.41. The molecule has 3 nitrogen and oxygen atoms in total. The molecule has 1 aliphatic carbocycles. The van der Waals surface area contributed by atoms with E-state index in [0.717, 1.165) is 37.1 Å². The maximum Gasteiger partial charge on any atom is 0.221 e. The van der Waals surface area contributed by atoms with Crippen molar-refractivity contribution < 1.29 is 4.74 Å². The van der Waals surface area contributed by atoms with Crippen molar-refractivity contribution in [2.75, 3.05) is 0 Å². The molecule has 1 atom stereocenters. The normalized spacial score (nSPS) is 17.4. The van der Waals surface area contributed by atoms with Gasteiger partial charge in [0.25, 0.3) is 0 Å². The van der Waals surface area contributed by atoms with Gasteiger partial charge in [0.1, 0.15) is 17.1 Å². The van der Waals surface area contributed by atoms with Crippen LogP contribution in [0.2, 0.25) is 5.15 Å². The second-order valence-corrected chi connectivity index (χ2v) is 5.77. The number of halogens is 1. The van der Waals surface area contributed by atoms with Crippen LogP contribution in [-0.4, -0.2) is 9.97 Å². The smallest absolute Gasteiger partial charge is 0.221 e. The lowest BCUT2D eigenvalue weighted by Crippen LogP contribution is -2.16. The van der Waals surface area contributed by atoms with Gasteiger partial charge in [-0.1, -0.05) is 42.8 Å². The fourth-order valence-electron chi connectivity index (χ4n) is 2.75. The van der Waals surface area contributed by atoms with Gasteiger partial charge in [0.15, 0.2) is 0 Å². The predicted molar refractivity (Wildman–Crippen MR) is 83.9 cm³/mol. The van der Waals surface area contributed by atoms with Crippen molar-refractivity contribution >= 4 is 11.6 Å². The quantitative estimate of drug-likeness (QED) is 0.785. The molecule has 0 radical (unpaired) electrons. The summed E-state index contributed by atoms with van der Waals surface area (Å²) in [6, 6.07) is 8.49. The van der Waals surface area contributed by atoms with E-state index in [4.69, 9.17) is 16.3 Å². The van der Waals surface area contributed by atoms with Crippen molar-refractivity contribution in [2.24, 2.45) is 0 Å². The summed E-state index contributed by atoms with van der Waals surface area (Å²) in [6.45, 7) is 3.92. The lowest BCUT2D eigenvalue weighted by atomic mass is 9.89. The Hall–Kier alpha value is -1.61. The summed E-state index contributed by atoms with van der Waals surface area (Å²) in [7, 11) is 0. The maximum absolute atomic E-state index is 6.20. The first-order valence-electron chi connectivity index (χ1n) is 7.46. The number of fused-ring (bicyclic) bond motifs is 1. The highest BCUT2D eigenvalue weighted by Crippen LogP contribution is 2.34. The van der Waals surface area contributed by atoms with E-state index < -0.39 is 0 Å². The van der Waals surface area contributed by atoms with E-state index in [1.807, 2.05) is 13.8 Å². The molecular weight excluding hydrogens is 284 g/mol. The van der Waals surface area contributed by atoms with E-state index in [1.54, 1.807) is 0 Å². The minimum atomic E-state index is 0.0596. The summed E-state index contributed by atoms with van der Waals surface area (Å²) in [5.74, 6) is 1.35. The summed E-state index contributed by atoms with van der Waals surface area (Å²) < 4.78 is 6.20. The zero-order valence-corrected chi connectivity index (χ0v) is 13.2. The molecule has 4 heteroatoms. The Labute approximate surface area is 130 Å². The Morgan fingerprint density at radius 1 is 1.29 bits per heavy atom. The standard InChI is InChI=1S/C17H19ClN2O/c1-3-15-19-16(18)11(2)17(20-15)21-14-10-6-8-12-7-4-5-9-13(12)14/h4-5,7,9,14H,3,6,8,10H2,1-2H3. The minimum Gasteiger partial charge on any atom is -0.469 e. The molecule has 1 heterocycles. The maximum atomic E-state index is 6.20. The highest BCUT2D eigenvalue weighted by molar-refractivity contribution is 6.30. The molecule has 0 spiro atoms. The first-order chi connectivity index (χ1) is 10.2. The van der Waals surface area contributed by atoms with Crippen LogP contribution in [0.15, 0.2) is 24.3 Å². The van der Waals surface area contributed by atoms with Crippen LogP contribution in [0.1, 0.15) is 48.4 Å². The fourth-order valence-corrected chi connectivity index (χ4v) is 2.93. The van der Waals surface area contributed by atoms with Gasteiger partial charge in [0.2, 0.25) is 5.88 Å². The molecule has 0 saturated carbocycles. The Balaban J connectivity index is 1.93. The largest absolute Gasteiger partial charge is 0.469 e. The van der Waals surface area contributed by atoms with Crippen molar-refractivity contribution in [3.8, 4) is 5.88 Å². The lowest BCUT2D eigenvalue weighted by Gasteiger charge is -2.26. The van der Waals surface area contributed by atoms with E-state index in [1.165, 1.54) is 11.1 Å². The fraction of sp³-hybridized carbons (Fsp3) is 0.412. The molecule has 2 aromatic rings. The summed E-state index contributed by atoms with van der Waals surface area (Å²) >= 11 is 6.18. The highest BCUT2D eigenvalue weighted by atomic mass is 35.5. The second kappa shape index (κ2) is 6.02. The molecule has 0 N–H and O–H groups in total. The van der Waals surface area contributed by atoms with E-state index in [2.05, 4.69) is 34.2 Å². The predicted octanol–water partition coefficient (Wildman–Crippen LogP) is 4.46. The van der Waals surface area contributed by atoms with Gasteiger partial charge in [-0.25, -0.2) is 4.98 Å². The van der Waals surface area contributed by atoms with Crippen molar-refractivity contribution in [1.29, 1.82) is 0 Å². The first kappa shape index (κ1) is 14.3. The van der Waals surface area contributed by atoms with Gasteiger partial charge in [-0.05, 0) is 37.3 Å². The first-order valence-corrected chi connectivity index (χ1v) is 7.84. The molecule has 3 rings (SSSR count). The molecule has 0 amide bonds. The third-order valence-electron chi connectivity index (χ3n) is 3.97. The van der Waals surface area contributed by atoms with Crippen LogP contribution in [0.4, 0.5) is 0 Å². The average Bonchev–Trinajstić information content (AvgIpc) is 2.52. The Kier molecular flexibility index (Phi) is 4.11. The van der Waals surface area contributed by atoms with E-state index in [9.17, 15) is 0 Å².